The summed E-state index contributed by atoms with van der Waals surface area (Å²) in [5, 5.41) is 2.78. The average molecular weight is 263 g/mol. The first-order valence-corrected chi connectivity index (χ1v) is 6.25. The molecule has 1 atom stereocenters. The SMILES string of the molecule is CC(CN)CC(=O)Nc1ccc(C(=O)N(C)C)cc1. The quantitative estimate of drug-likeness (QED) is 0.841. The van der Waals surface area contributed by atoms with Crippen molar-refractivity contribution < 1.29 is 9.59 Å². The summed E-state index contributed by atoms with van der Waals surface area (Å²) in [4.78, 5) is 24.9. The van der Waals surface area contributed by atoms with Crippen LogP contribution in [0.1, 0.15) is 23.7 Å². The lowest BCUT2D eigenvalue weighted by atomic mass is 10.1. The molecule has 1 aromatic rings. The van der Waals surface area contributed by atoms with Gasteiger partial charge in [-0.15, -0.1) is 0 Å². The molecule has 0 aromatic heterocycles. The van der Waals surface area contributed by atoms with Crippen LogP contribution >= 0.6 is 0 Å². The summed E-state index contributed by atoms with van der Waals surface area (Å²) in [6, 6.07) is 6.85. The van der Waals surface area contributed by atoms with Crippen molar-refractivity contribution in [2.24, 2.45) is 11.7 Å². The minimum absolute atomic E-state index is 0.0605. The second-order valence-corrected chi connectivity index (χ2v) is 4.87. The van der Waals surface area contributed by atoms with Crippen LogP contribution in [0, 0.1) is 5.92 Å². The van der Waals surface area contributed by atoms with E-state index in [9.17, 15) is 9.59 Å². The van der Waals surface area contributed by atoms with Crippen LogP contribution in [0.5, 0.6) is 0 Å². The van der Waals surface area contributed by atoms with Gasteiger partial charge in [0.05, 0.1) is 0 Å². The fourth-order valence-corrected chi connectivity index (χ4v) is 1.57. The number of anilines is 1. The van der Waals surface area contributed by atoms with E-state index >= 15 is 0 Å². The molecule has 0 aliphatic rings. The van der Waals surface area contributed by atoms with Crippen molar-refractivity contribution in [3.8, 4) is 0 Å². The Morgan fingerprint density at radius 2 is 1.84 bits per heavy atom. The maximum absolute atomic E-state index is 11.7. The van der Waals surface area contributed by atoms with Gasteiger partial charge in [-0.05, 0) is 36.7 Å². The lowest BCUT2D eigenvalue weighted by molar-refractivity contribution is -0.116. The second kappa shape index (κ2) is 6.89. The Labute approximate surface area is 113 Å². The number of nitrogens with zero attached hydrogens (tertiary/aromatic N) is 1. The zero-order valence-electron chi connectivity index (χ0n) is 11.6. The van der Waals surface area contributed by atoms with Crippen molar-refractivity contribution >= 4 is 17.5 Å². The summed E-state index contributed by atoms with van der Waals surface area (Å²) in [6.07, 6.45) is 0.398. The first-order chi connectivity index (χ1) is 8.93. The van der Waals surface area contributed by atoms with Gasteiger partial charge in [0.15, 0.2) is 0 Å². The molecule has 2 amide bonds. The van der Waals surface area contributed by atoms with Gasteiger partial charge in [-0.2, -0.15) is 0 Å². The van der Waals surface area contributed by atoms with E-state index in [1.807, 2.05) is 6.92 Å². The molecule has 5 nitrogen and oxygen atoms in total. The summed E-state index contributed by atoms with van der Waals surface area (Å²) in [6.45, 7) is 2.42. The van der Waals surface area contributed by atoms with E-state index in [0.29, 0.717) is 24.2 Å². The minimum atomic E-state index is -0.0652. The number of carbonyl (C=O) groups excluding carboxylic acids is 2. The molecule has 1 rings (SSSR count). The van der Waals surface area contributed by atoms with E-state index < -0.39 is 0 Å². The molecule has 1 unspecified atom stereocenters. The van der Waals surface area contributed by atoms with Crippen LogP contribution in [0.4, 0.5) is 5.69 Å². The van der Waals surface area contributed by atoms with Crippen LogP contribution in [0.25, 0.3) is 0 Å². The minimum Gasteiger partial charge on any atom is -0.345 e. The molecular formula is C14H21N3O2. The number of benzene rings is 1. The van der Waals surface area contributed by atoms with Gasteiger partial charge in [0.2, 0.25) is 5.91 Å². The highest BCUT2D eigenvalue weighted by Crippen LogP contribution is 2.12. The zero-order chi connectivity index (χ0) is 14.4. The maximum Gasteiger partial charge on any atom is 0.253 e. The highest BCUT2D eigenvalue weighted by Gasteiger charge is 2.10. The Morgan fingerprint density at radius 3 is 2.32 bits per heavy atom. The van der Waals surface area contributed by atoms with Gasteiger partial charge in [0, 0.05) is 31.8 Å². The number of amides is 2. The molecule has 0 saturated heterocycles. The topological polar surface area (TPSA) is 75.4 Å². The van der Waals surface area contributed by atoms with Gasteiger partial charge >= 0.3 is 0 Å². The molecule has 0 aliphatic heterocycles. The molecule has 0 aliphatic carbocycles. The van der Waals surface area contributed by atoms with Crippen molar-refractivity contribution in [3.05, 3.63) is 29.8 Å². The van der Waals surface area contributed by atoms with Crippen LogP contribution in [-0.4, -0.2) is 37.4 Å². The van der Waals surface area contributed by atoms with Crippen molar-refractivity contribution in [2.45, 2.75) is 13.3 Å². The van der Waals surface area contributed by atoms with E-state index in [4.69, 9.17) is 5.73 Å². The van der Waals surface area contributed by atoms with Crippen LogP contribution < -0.4 is 11.1 Å². The van der Waals surface area contributed by atoms with Gasteiger partial charge in [0.1, 0.15) is 0 Å². The summed E-state index contributed by atoms with van der Waals surface area (Å²) in [5.41, 5.74) is 6.75. The van der Waals surface area contributed by atoms with Crippen LogP contribution in [-0.2, 0) is 4.79 Å². The predicted molar refractivity (Wildman–Crippen MR) is 75.9 cm³/mol. The van der Waals surface area contributed by atoms with E-state index in [1.165, 1.54) is 4.90 Å². The predicted octanol–water partition coefficient (Wildman–Crippen LogP) is 1.31. The average Bonchev–Trinajstić information content (AvgIpc) is 2.38. The van der Waals surface area contributed by atoms with E-state index in [2.05, 4.69) is 5.32 Å². The first-order valence-electron chi connectivity index (χ1n) is 6.25. The fourth-order valence-electron chi connectivity index (χ4n) is 1.57. The van der Waals surface area contributed by atoms with Gasteiger partial charge in [-0.25, -0.2) is 0 Å². The molecular weight excluding hydrogens is 242 g/mol. The maximum atomic E-state index is 11.7. The molecule has 0 bridgehead atoms. The van der Waals surface area contributed by atoms with E-state index in [-0.39, 0.29) is 17.7 Å². The number of nitrogens with one attached hydrogen (secondary N) is 1. The fraction of sp³-hybridized carbons (Fsp3) is 0.429. The third kappa shape index (κ3) is 4.71. The Hall–Kier alpha value is -1.88. The molecule has 0 spiro atoms. The molecule has 0 saturated carbocycles. The number of rotatable bonds is 5. The van der Waals surface area contributed by atoms with Gasteiger partial charge in [0.25, 0.3) is 5.91 Å². The molecule has 104 valence electrons. The molecule has 0 heterocycles. The molecule has 5 heteroatoms. The van der Waals surface area contributed by atoms with Crippen LogP contribution in [0.3, 0.4) is 0 Å². The summed E-state index contributed by atoms with van der Waals surface area (Å²) in [5.74, 6) is 0.0360. The largest absolute Gasteiger partial charge is 0.345 e. The number of carbonyl (C=O) groups is 2. The van der Waals surface area contributed by atoms with Crippen molar-refractivity contribution in [1.82, 2.24) is 4.90 Å². The monoisotopic (exact) mass is 263 g/mol. The number of nitrogens with two attached hydrogens (primary N) is 1. The van der Waals surface area contributed by atoms with Gasteiger partial charge < -0.3 is 16.0 Å². The molecule has 1 aromatic carbocycles. The lowest BCUT2D eigenvalue weighted by Crippen LogP contribution is -2.22. The standard InChI is InChI=1S/C14H21N3O2/c1-10(9-15)8-13(18)16-12-6-4-11(5-7-12)14(19)17(2)3/h4-7,10H,8-9,15H2,1-3H3,(H,16,18). The Kier molecular flexibility index (Phi) is 5.51. The molecule has 3 N–H and O–H groups in total. The second-order valence-electron chi connectivity index (χ2n) is 4.87. The van der Waals surface area contributed by atoms with E-state index in [1.54, 1.807) is 38.4 Å². The highest BCUT2D eigenvalue weighted by molar-refractivity contribution is 5.95. The van der Waals surface area contributed by atoms with Gasteiger partial charge in [-0.1, -0.05) is 6.92 Å². The molecule has 19 heavy (non-hydrogen) atoms. The Balaban J connectivity index is 2.62. The van der Waals surface area contributed by atoms with E-state index in [0.717, 1.165) is 0 Å². The number of hydrogen-bond acceptors (Lipinski definition) is 3. The third-order valence-electron chi connectivity index (χ3n) is 2.76. The Bertz CT molecular complexity index is 441. The third-order valence-corrected chi connectivity index (χ3v) is 2.76. The van der Waals surface area contributed by atoms with Crippen molar-refractivity contribution in [2.75, 3.05) is 26.0 Å². The molecule has 0 radical (unpaired) electrons. The number of hydrogen-bond donors (Lipinski definition) is 2. The highest BCUT2D eigenvalue weighted by atomic mass is 16.2. The summed E-state index contributed by atoms with van der Waals surface area (Å²) >= 11 is 0. The lowest BCUT2D eigenvalue weighted by Gasteiger charge is -2.12. The normalized spacial score (nSPS) is 11.8. The summed E-state index contributed by atoms with van der Waals surface area (Å²) in [7, 11) is 3.40. The Morgan fingerprint density at radius 1 is 1.26 bits per heavy atom. The van der Waals surface area contributed by atoms with Crippen LogP contribution in [0.2, 0.25) is 0 Å². The molecule has 0 fully saturated rings. The van der Waals surface area contributed by atoms with Crippen molar-refractivity contribution in [1.29, 1.82) is 0 Å². The zero-order valence-corrected chi connectivity index (χ0v) is 11.6. The van der Waals surface area contributed by atoms with Crippen molar-refractivity contribution in [3.63, 3.8) is 0 Å². The first kappa shape index (κ1) is 15.2. The smallest absolute Gasteiger partial charge is 0.253 e. The van der Waals surface area contributed by atoms with Gasteiger partial charge in [-0.3, -0.25) is 9.59 Å². The van der Waals surface area contributed by atoms with Crippen LogP contribution in [0.15, 0.2) is 24.3 Å². The summed E-state index contributed by atoms with van der Waals surface area (Å²) < 4.78 is 0.